The zero-order chi connectivity index (χ0) is 25.1. The highest BCUT2D eigenvalue weighted by molar-refractivity contribution is 6.11. The zero-order valence-corrected chi connectivity index (χ0v) is 20.9. The van der Waals surface area contributed by atoms with Crippen molar-refractivity contribution in [1.82, 2.24) is 9.88 Å². The Kier molecular flexibility index (Phi) is 4.71. The SMILES string of the molecule is C1=CC2C=CNC(N3c4ccccc4-c4c(n(-c5ccccc5)c5ccccc45)-c4ccccc43)C2C=C1. The van der Waals surface area contributed by atoms with Crippen LogP contribution in [-0.4, -0.2) is 10.7 Å². The molecule has 4 aromatic carbocycles. The van der Waals surface area contributed by atoms with Crippen LogP contribution in [0.5, 0.6) is 0 Å². The van der Waals surface area contributed by atoms with Gasteiger partial charge in [-0.15, -0.1) is 0 Å². The third-order valence-electron chi connectivity index (χ3n) is 8.19. The molecule has 5 aromatic rings. The standard InChI is InChI=1S/C35H27N3/c1-2-13-25(14-3-1)37-30-19-9-6-16-27(30)33-28-17-7-10-20-31(28)38(32-21-11-8-18-29(32)34(33)37)35-26-15-5-4-12-24(26)22-23-36-35/h1-24,26,35-36H. The molecule has 3 heterocycles. The number of para-hydroxylation sites is 4. The van der Waals surface area contributed by atoms with Crippen LogP contribution in [0.25, 0.3) is 39.0 Å². The Hall–Kier alpha value is -4.76. The molecule has 1 aliphatic carbocycles. The molecule has 0 spiro atoms. The molecule has 38 heavy (non-hydrogen) atoms. The van der Waals surface area contributed by atoms with Crippen molar-refractivity contribution in [3.8, 4) is 28.1 Å². The first kappa shape index (κ1) is 21.3. The first-order chi connectivity index (χ1) is 18.9. The number of hydrogen-bond donors (Lipinski definition) is 1. The third kappa shape index (κ3) is 3.02. The van der Waals surface area contributed by atoms with Gasteiger partial charge in [-0.3, -0.25) is 0 Å². The summed E-state index contributed by atoms with van der Waals surface area (Å²) in [5, 5.41) is 5.02. The average molecular weight is 490 g/mol. The summed E-state index contributed by atoms with van der Waals surface area (Å²) in [7, 11) is 0. The van der Waals surface area contributed by atoms with Gasteiger partial charge in [0, 0.05) is 39.6 Å². The lowest BCUT2D eigenvalue weighted by molar-refractivity contribution is 0.384. The van der Waals surface area contributed by atoms with E-state index in [-0.39, 0.29) is 6.17 Å². The second kappa shape index (κ2) is 8.39. The van der Waals surface area contributed by atoms with Crippen LogP contribution in [0.4, 0.5) is 11.4 Å². The molecule has 0 amide bonds. The van der Waals surface area contributed by atoms with E-state index >= 15 is 0 Å². The fraction of sp³-hybridized carbons (Fsp3) is 0.0857. The molecule has 182 valence electrons. The topological polar surface area (TPSA) is 20.2 Å². The number of rotatable bonds is 2. The van der Waals surface area contributed by atoms with Crippen LogP contribution < -0.4 is 10.2 Å². The number of anilines is 2. The lowest BCUT2D eigenvalue weighted by atomic mass is 9.83. The fourth-order valence-corrected chi connectivity index (χ4v) is 6.59. The Morgan fingerprint density at radius 2 is 1.29 bits per heavy atom. The molecule has 3 nitrogen and oxygen atoms in total. The van der Waals surface area contributed by atoms with Crippen molar-refractivity contribution in [1.29, 1.82) is 0 Å². The van der Waals surface area contributed by atoms with Gasteiger partial charge in [-0.25, -0.2) is 0 Å². The predicted octanol–water partition coefficient (Wildman–Crippen LogP) is 8.22. The maximum absolute atomic E-state index is 3.75. The van der Waals surface area contributed by atoms with Crippen LogP contribution in [0.3, 0.4) is 0 Å². The van der Waals surface area contributed by atoms with Gasteiger partial charge in [0.25, 0.3) is 0 Å². The summed E-state index contributed by atoms with van der Waals surface area (Å²) in [6.45, 7) is 0. The van der Waals surface area contributed by atoms with Crippen molar-refractivity contribution in [2.24, 2.45) is 11.8 Å². The Morgan fingerprint density at radius 3 is 2.16 bits per heavy atom. The molecule has 3 heteroatoms. The van der Waals surface area contributed by atoms with Crippen molar-refractivity contribution in [3.05, 3.63) is 140 Å². The van der Waals surface area contributed by atoms with Crippen LogP contribution in [0.1, 0.15) is 0 Å². The molecule has 0 saturated heterocycles. The Bertz CT molecular complexity index is 1770. The number of hydrogen-bond acceptors (Lipinski definition) is 2. The Balaban J connectivity index is 1.49. The predicted molar refractivity (Wildman–Crippen MR) is 158 cm³/mol. The minimum absolute atomic E-state index is 0.0777. The molecule has 3 aliphatic rings. The van der Waals surface area contributed by atoms with Crippen molar-refractivity contribution in [3.63, 3.8) is 0 Å². The van der Waals surface area contributed by atoms with E-state index in [4.69, 9.17) is 0 Å². The highest BCUT2D eigenvalue weighted by Gasteiger charge is 2.38. The molecule has 0 saturated carbocycles. The van der Waals surface area contributed by atoms with E-state index in [9.17, 15) is 0 Å². The number of benzene rings is 4. The maximum atomic E-state index is 3.75. The maximum Gasteiger partial charge on any atom is 0.111 e. The summed E-state index contributed by atoms with van der Waals surface area (Å²) >= 11 is 0. The van der Waals surface area contributed by atoms with E-state index in [0.29, 0.717) is 11.8 Å². The lowest BCUT2D eigenvalue weighted by Crippen LogP contribution is -2.50. The van der Waals surface area contributed by atoms with E-state index < -0.39 is 0 Å². The second-order valence-electron chi connectivity index (χ2n) is 10.2. The van der Waals surface area contributed by atoms with E-state index in [1.54, 1.807) is 0 Å². The van der Waals surface area contributed by atoms with Crippen LogP contribution in [0.2, 0.25) is 0 Å². The van der Waals surface area contributed by atoms with Gasteiger partial charge < -0.3 is 14.8 Å². The number of fused-ring (bicyclic) bond motifs is 8. The van der Waals surface area contributed by atoms with Crippen LogP contribution in [-0.2, 0) is 0 Å². The van der Waals surface area contributed by atoms with Gasteiger partial charge in [0.15, 0.2) is 0 Å². The van der Waals surface area contributed by atoms with E-state index in [1.807, 2.05) is 0 Å². The first-order valence-corrected chi connectivity index (χ1v) is 13.3. The van der Waals surface area contributed by atoms with Gasteiger partial charge in [-0.2, -0.15) is 0 Å². The van der Waals surface area contributed by atoms with E-state index in [1.165, 1.54) is 50.3 Å². The molecule has 1 N–H and O–H groups in total. The summed E-state index contributed by atoms with van der Waals surface area (Å²) in [6, 6.07) is 37.4. The van der Waals surface area contributed by atoms with E-state index in [2.05, 4.69) is 154 Å². The molecule has 0 fully saturated rings. The van der Waals surface area contributed by atoms with Gasteiger partial charge >= 0.3 is 0 Å². The van der Waals surface area contributed by atoms with E-state index in [0.717, 1.165) is 0 Å². The number of nitrogens with one attached hydrogen (secondary N) is 1. The van der Waals surface area contributed by atoms with Crippen molar-refractivity contribution in [2.75, 3.05) is 4.90 Å². The summed E-state index contributed by atoms with van der Waals surface area (Å²) < 4.78 is 2.45. The smallest absolute Gasteiger partial charge is 0.111 e. The number of allylic oxidation sites excluding steroid dienone is 4. The minimum atomic E-state index is 0.0777. The zero-order valence-electron chi connectivity index (χ0n) is 20.9. The summed E-state index contributed by atoms with van der Waals surface area (Å²) in [5.74, 6) is 0.687. The molecule has 8 rings (SSSR count). The monoisotopic (exact) mass is 489 g/mol. The quantitative estimate of drug-likeness (QED) is 0.270. The van der Waals surface area contributed by atoms with Crippen molar-refractivity contribution in [2.45, 2.75) is 6.17 Å². The number of aromatic nitrogens is 1. The molecule has 3 unspecified atom stereocenters. The summed E-state index contributed by atoms with van der Waals surface area (Å²) in [6.07, 6.45) is 13.5. The molecule has 1 aromatic heterocycles. The van der Waals surface area contributed by atoms with Crippen molar-refractivity contribution >= 4 is 22.3 Å². The molecule has 0 bridgehead atoms. The Morgan fingerprint density at radius 1 is 0.605 bits per heavy atom. The highest BCUT2D eigenvalue weighted by atomic mass is 15.3. The largest absolute Gasteiger partial charge is 0.371 e. The summed E-state index contributed by atoms with van der Waals surface area (Å²) in [4.78, 5) is 2.54. The normalized spacial score (nSPS) is 20.7. The Labute approximate surface area is 222 Å². The fourth-order valence-electron chi connectivity index (χ4n) is 6.59. The lowest BCUT2D eigenvalue weighted by Gasteiger charge is -2.43. The van der Waals surface area contributed by atoms with Crippen LogP contribution in [0, 0.1) is 11.8 Å². The molecule has 2 aliphatic heterocycles. The summed E-state index contributed by atoms with van der Waals surface area (Å²) in [5.41, 5.74) is 9.86. The van der Waals surface area contributed by atoms with Gasteiger partial charge in [-0.1, -0.05) is 103 Å². The number of nitrogens with zero attached hydrogens (tertiary/aromatic N) is 2. The average Bonchev–Trinajstić information content (AvgIpc) is 3.27. The molecule has 0 radical (unpaired) electrons. The van der Waals surface area contributed by atoms with Crippen LogP contribution >= 0.6 is 0 Å². The molecular weight excluding hydrogens is 462 g/mol. The minimum Gasteiger partial charge on any atom is -0.371 e. The van der Waals surface area contributed by atoms with Gasteiger partial charge in [0.2, 0.25) is 0 Å². The van der Waals surface area contributed by atoms with Crippen molar-refractivity contribution < 1.29 is 0 Å². The molecule has 3 atom stereocenters. The second-order valence-corrected chi connectivity index (χ2v) is 10.2. The van der Waals surface area contributed by atoms with Gasteiger partial charge in [0.05, 0.1) is 22.6 Å². The third-order valence-corrected chi connectivity index (χ3v) is 8.19. The highest BCUT2D eigenvalue weighted by Crippen LogP contribution is 2.53. The van der Waals surface area contributed by atoms with Gasteiger partial charge in [0.1, 0.15) is 6.17 Å². The van der Waals surface area contributed by atoms with Crippen LogP contribution in [0.15, 0.2) is 140 Å². The first-order valence-electron chi connectivity index (χ1n) is 13.3. The van der Waals surface area contributed by atoms with Gasteiger partial charge in [-0.05, 0) is 36.5 Å². The molecular formula is C35H27N3.